The van der Waals surface area contributed by atoms with Crippen molar-refractivity contribution in [3.05, 3.63) is 59.7 Å². The third kappa shape index (κ3) is 5.38. The number of carbonyl (C=O) groups excluding carboxylic acids is 2. The van der Waals surface area contributed by atoms with Crippen LogP contribution >= 0.6 is 24.0 Å². The van der Waals surface area contributed by atoms with E-state index < -0.39 is 0 Å². The van der Waals surface area contributed by atoms with Gasteiger partial charge in [0.2, 0.25) is 0 Å². The number of hydrazone groups is 1. The zero-order valence-electron chi connectivity index (χ0n) is 14.5. The first kappa shape index (κ1) is 19.1. The topological polar surface area (TPSA) is 71.0 Å². The fourth-order valence-electron chi connectivity index (χ4n) is 2.30. The van der Waals surface area contributed by atoms with Crippen molar-refractivity contribution in [3.63, 3.8) is 0 Å². The second-order valence-corrected chi connectivity index (χ2v) is 7.39. The van der Waals surface area contributed by atoms with Gasteiger partial charge in [0.15, 0.2) is 10.9 Å². The van der Waals surface area contributed by atoms with E-state index in [0.29, 0.717) is 15.8 Å². The van der Waals surface area contributed by atoms with Gasteiger partial charge in [0.25, 0.3) is 11.8 Å². The molecule has 1 saturated heterocycles. The molecule has 0 atom stereocenters. The number of anilines is 1. The Kier molecular flexibility index (Phi) is 6.20. The summed E-state index contributed by atoms with van der Waals surface area (Å²) < 4.78 is 5.95. The minimum atomic E-state index is -0.232. The number of hydrogen-bond donors (Lipinski definition) is 1. The normalized spacial score (nSPS) is 14.0. The summed E-state index contributed by atoms with van der Waals surface area (Å²) in [5, 5.41) is 8.11. The zero-order chi connectivity index (χ0) is 19.2. The molecule has 2 aromatic carbocycles. The Balaban J connectivity index is 1.51. The second kappa shape index (κ2) is 8.79. The average Bonchev–Trinajstić information content (AvgIpc) is 2.97. The summed E-state index contributed by atoms with van der Waals surface area (Å²) in [5.74, 6) is 0.536. The number of carbonyl (C=O) groups is 2. The van der Waals surface area contributed by atoms with Crippen LogP contribution in [0.5, 0.6) is 5.75 Å². The van der Waals surface area contributed by atoms with E-state index in [1.165, 1.54) is 16.8 Å². The van der Waals surface area contributed by atoms with Gasteiger partial charge >= 0.3 is 0 Å². The van der Waals surface area contributed by atoms with Crippen molar-refractivity contribution in [1.82, 2.24) is 5.01 Å². The molecule has 8 heteroatoms. The third-order valence-corrected chi connectivity index (χ3v) is 4.94. The summed E-state index contributed by atoms with van der Waals surface area (Å²) in [6.45, 7) is 1.87. The number of ether oxygens (including phenoxy) is 1. The lowest BCUT2D eigenvalue weighted by Crippen LogP contribution is -2.22. The molecule has 2 aromatic rings. The van der Waals surface area contributed by atoms with E-state index in [4.69, 9.17) is 17.0 Å². The molecule has 1 aliphatic rings. The van der Waals surface area contributed by atoms with Crippen molar-refractivity contribution in [2.24, 2.45) is 5.10 Å². The number of hydrogen-bond acceptors (Lipinski definition) is 6. The van der Waals surface area contributed by atoms with E-state index >= 15 is 0 Å². The smallest absolute Gasteiger partial charge is 0.262 e. The summed E-state index contributed by atoms with van der Waals surface area (Å²) in [5.41, 5.74) is 2.60. The number of nitrogens with zero attached hydrogens (tertiary/aromatic N) is 2. The van der Waals surface area contributed by atoms with Crippen LogP contribution in [-0.4, -0.2) is 39.7 Å². The number of thiocarbonyl (C=S) groups is 1. The lowest BCUT2D eigenvalue weighted by Gasteiger charge is -2.08. The first-order chi connectivity index (χ1) is 13.0. The van der Waals surface area contributed by atoms with Crippen molar-refractivity contribution in [3.8, 4) is 5.75 Å². The van der Waals surface area contributed by atoms with Crippen LogP contribution in [0, 0.1) is 6.92 Å². The van der Waals surface area contributed by atoms with Gasteiger partial charge in [-0.15, -0.1) is 0 Å². The summed E-state index contributed by atoms with van der Waals surface area (Å²) in [6.07, 6.45) is 1.56. The predicted octanol–water partition coefficient (Wildman–Crippen LogP) is 3.21. The van der Waals surface area contributed by atoms with Crippen LogP contribution < -0.4 is 10.1 Å². The predicted molar refractivity (Wildman–Crippen MR) is 111 cm³/mol. The second-order valence-electron chi connectivity index (χ2n) is 5.78. The summed E-state index contributed by atoms with van der Waals surface area (Å²) >= 11 is 6.36. The number of nitrogens with one attached hydrogen (secondary N) is 1. The molecule has 0 spiro atoms. The van der Waals surface area contributed by atoms with Crippen LogP contribution in [0.15, 0.2) is 53.6 Å². The molecule has 138 valence electrons. The van der Waals surface area contributed by atoms with Gasteiger partial charge in [0, 0.05) is 5.69 Å². The van der Waals surface area contributed by atoms with Gasteiger partial charge in [-0.2, -0.15) is 10.1 Å². The molecular formula is C19H17N3O3S2. The summed E-state index contributed by atoms with van der Waals surface area (Å²) in [6, 6.07) is 14.6. The highest BCUT2D eigenvalue weighted by atomic mass is 32.2. The Morgan fingerprint density at radius 2 is 2.11 bits per heavy atom. The quantitative estimate of drug-likeness (QED) is 0.597. The number of aryl methyl sites for hydroxylation is 1. The molecule has 0 aromatic heterocycles. The average molecular weight is 399 g/mol. The van der Waals surface area contributed by atoms with Crippen molar-refractivity contribution in [2.45, 2.75) is 6.92 Å². The van der Waals surface area contributed by atoms with Gasteiger partial charge in [-0.05, 0) is 54.4 Å². The third-order valence-electron chi connectivity index (χ3n) is 3.60. The number of amides is 2. The van der Waals surface area contributed by atoms with Crippen LogP contribution in [0.2, 0.25) is 0 Å². The van der Waals surface area contributed by atoms with Crippen LogP contribution in [0.3, 0.4) is 0 Å². The van der Waals surface area contributed by atoms with Crippen LogP contribution in [0.4, 0.5) is 5.69 Å². The molecule has 1 fully saturated rings. The molecule has 27 heavy (non-hydrogen) atoms. The van der Waals surface area contributed by atoms with Crippen molar-refractivity contribution in [1.29, 1.82) is 0 Å². The van der Waals surface area contributed by atoms with E-state index in [1.54, 1.807) is 30.5 Å². The molecule has 0 unspecified atom stereocenters. The molecule has 1 heterocycles. The Morgan fingerprint density at radius 3 is 2.78 bits per heavy atom. The molecular weight excluding hydrogens is 382 g/mol. The SMILES string of the molecule is Cc1cccc(NC(=O)COc2ccc(/C=N/N3C(=O)CSC3=S)cc2)c1. The highest BCUT2D eigenvalue weighted by Gasteiger charge is 2.25. The van der Waals surface area contributed by atoms with E-state index in [9.17, 15) is 9.59 Å². The molecule has 3 rings (SSSR count). The number of rotatable bonds is 6. The molecule has 0 saturated carbocycles. The van der Waals surface area contributed by atoms with E-state index in [1.807, 2.05) is 31.2 Å². The van der Waals surface area contributed by atoms with Crippen molar-refractivity contribution < 1.29 is 14.3 Å². The van der Waals surface area contributed by atoms with Crippen LogP contribution in [0.25, 0.3) is 0 Å². The molecule has 1 aliphatic heterocycles. The standard InChI is InChI=1S/C19H17N3O3S2/c1-13-3-2-4-15(9-13)21-17(23)11-25-16-7-5-14(6-8-16)10-20-22-18(24)12-27-19(22)26/h2-10H,11-12H2,1H3,(H,21,23)/b20-10+. The molecule has 0 aliphatic carbocycles. The Labute approximate surface area is 166 Å². The molecule has 1 N–H and O–H groups in total. The minimum absolute atomic E-state index is 0.0881. The number of benzene rings is 2. The lowest BCUT2D eigenvalue weighted by molar-refractivity contribution is -0.124. The molecule has 0 bridgehead atoms. The summed E-state index contributed by atoms with van der Waals surface area (Å²) in [4.78, 5) is 23.6. The van der Waals surface area contributed by atoms with Gasteiger partial charge in [0.05, 0.1) is 12.0 Å². The Hall–Kier alpha value is -2.71. The van der Waals surface area contributed by atoms with Crippen molar-refractivity contribution >= 4 is 52.0 Å². The van der Waals surface area contributed by atoms with Gasteiger partial charge in [-0.1, -0.05) is 36.1 Å². The van der Waals surface area contributed by atoms with Gasteiger partial charge in [0.1, 0.15) is 5.75 Å². The van der Waals surface area contributed by atoms with Crippen molar-refractivity contribution in [2.75, 3.05) is 17.7 Å². The van der Waals surface area contributed by atoms with E-state index in [2.05, 4.69) is 10.4 Å². The first-order valence-corrected chi connectivity index (χ1v) is 9.54. The van der Waals surface area contributed by atoms with Gasteiger partial charge in [-0.3, -0.25) is 9.59 Å². The van der Waals surface area contributed by atoms with Crippen LogP contribution in [-0.2, 0) is 9.59 Å². The molecule has 0 radical (unpaired) electrons. The summed E-state index contributed by atoms with van der Waals surface area (Å²) in [7, 11) is 0. The maximum absolute atomic E-state index is 12.0. The van der Waals surface area contributed by atoms with Gasteiger partial charge < -0.3 is 10.1 Å². The Bertz CT molecular complexity index is 881. The molecule has 2 amide bonds. The fraction of sp³-hybridized carbons (Fsp3) is 0.158. The highest BCUT2D eigenvalue weighted by molar-refractivity contribution is 8.23. The van der Waals surface area contributed by atoms with E-state index in [-0.39, 0.29) is 18.4 Å². The fourth-order valence-corrected chi connectivity index (χ4v) is 3.27. The monoisotopic (exact) mass is 399 g/mol. The van der Waals surface area contributed by atoms with Crippen LogP contribution in [0.1, 0.15) is 11.1 Å². The maximum Gasteiger partial charge on any atom is 0.262 e. The maximum atomic E-state index is 12.0. The minimum Gasteiger partial charge on any atom is -0.484 e. The Morgan fingerprint density at radius 1 is 1.33 bits per heavy atom. The number of thioether (sulfide) groups is 1. The highest BCUT2D eigenvalue weighted by Crippen LogP contribution is 2.19. The molecule has 6 nitrogen and oxygen atoms in total. The zero-order valence-corrected chi connectivity index (χ0v) is 16.2. The lowest BCUT2D eigenvalue weighted by atomic mass is 10.2. The largest absolute Gasteiger partial charge is 0.484 e. The first-order valence-electron chi connectivity index (χ1n) is 8.14. The van der Waals surface area contributed by atoms with E-state index in [0.717, 1.165) is 16.8 Å². The van der Waals surface area contributed by atoms with Gasteiger partial charge in [-0.25, -0.2) is 0 Å².